The van der Waals surface area contributed by atoms with Crippen LogP contribution in [-0.2, 0) is 25.0 Å². The average Bonchev–Trinajstić information content (AvgIpc) is 3.05. The van der Waals surface area contributed by atoms with E-state index in [2.05, 4.69) is 32.1 Å². The van der Waals surface area contributed by atoms with Crippen molar-refractivity contribution in [2.75, 3.05) is 0 Å². The summed E-state index contributed by atoms with van der Waals surface area (Å²) in [6, 6.07) is 10.1. The molecule has 2 aromatic heterocycles. The number of pyridine rings is 1. The average molecular weight is 459 g/mol. The van der Waals surface area contributed by atoms with Gasteiger partial charge in [0.2, 0.25) is 0 Å². The summed E-state index contributed by atoms with van der Waals surface area (Å²) in [5.41, 5.74) is 3.38. The number of aryl methyl sites for hydroxylation is 2. The van der Waals surface area contributed by atoms with Crippen LogP contribution in [0.25, 0.3) is 0 Å². The summed E-state index contributed by atoms with van der Waals surface area (Å²) < 4.78 is 28.0. The van der Waals surface area contributed by atoms with E-state index in [4.69, 9.17) is 14.7 Å². The number of hydrogen-bond donors (Lipinski definition) is 0. The number of nitrogens with zero attached hydrogens (tertiary/aromatic N) is 4. The molecule has 8 heteroatoms. The third kappa shape index (κ3) is 5.19. The maximum Gasteiger partial charge on any atom is 0.142 e. The molecule has 1 atom stereocenters. The molecule has 0 aliphatic rings. The molecular weight excluding hydrogens is 439 g/mol. The van der Waals surface area contributed by atoms with Gasteiger partial charge in [-0.25, -0.2) is 4.39 Å². The Morgan fingerprint density at radius 1 is 1.28 bits per heavy atom. The molecule has 2 heterocycles. The Hall–Kier alpha value is -2.76. The number of benzene rings is 1. The molecule has 0 amide bonds. The fourth-order valence-corrected chi connectivity index (χ4v) is 3.22. The summed E-state index contributed by atoms with van der Waals surface area (Å²) in [7, 11) is 1.71. The SMILES string of the molecule is Cc1ncc(Br)cc1OC(C)c1cc(F)ccc1COCc1cc(C#N)n(C)n1. The van der Waals surface area contributed by atoms with Crippen molar-refractivity contribution in [2.45, 2.75) is 33.2 Å². The minimum Gasteiger partial charge on any atom is -0.484 e. The molecule has 0 N–H and O–H groups in total. The summed E-state index contributed by atoms with van der Waals surface area (Å²) in [6.45, 7) is 4.22. The first kappa shape index (κ1) is 21.0. The van der Waals surface area contributed by atoms with Gasteiger partial charge in [0.25, 0.3) is 0 Å². The summed E-state index contributed by atoms with van der Waals surface area (Å²) >= 11 is 3.39. The third-order valence-electron chi connectivity index (χ3n) is 4.41. The lowest BCUT2D eigenvalue weighted by molar-refractivity contribution is 0.102. The second-order valence-electron chi connectivity index (χ2n) is 6.59. The smallest absolute Gasteiger partial charge is 0.142 e. The minimum absolute atomic E-state index is 0.246. The van der Waals surface area contributed by atoms with Gasteiger partial charge < -0.3 is 9.47 Å². The maximum atomic E-state index is 13.9. The van der Waals surface area contributed by atoms with E-state index < -0.39 is 6.10 Å². The largest absolute Gasteiger partial charge is 0.484 e. The molecule has 1 aromatic carbocycles. The normalized spacial score (nSPS) is 11.9. The standard InChI is InChI=1S/C21H20BrFN4O2/c1-13-21(6-16(22)10-25-13)29-14(2)20-7-17(23)5-4-15(20)11-28-12-18-8-19(9-24)27(3)26-18/h4-8,10,14H,11-12H2,1-3H3. The van der Waals surface area contributed by atoms with Crippen molar-refractivity contribution >= 4 is 15.9 Å². The van der Waals surface area contributed by atoms with Crippen molar-refractivity contribution in [3.8, 4) is 11.8 Å². The zero-order valence-corrected chi connectivity index (χ0v) is 17.9. The van der Waals surface area contributed by atoms with Gasteiger partial charge in [-0.05, 0) is 59.6 Å². The van der Waals surface area contributed by atoms with E-state index in [9.17, 15) is 4.39 Å². The van der Waals surface area contributed by atoms with Crippen LogP contribution in [0.1, 0.15) is 41.2 Å². The lowest BCUT2D eigenvalue weighted by atomic mass is 10.0. The van der Waals surface area contributed by atoms with Crippen LogP contribution >= 0.6 is 15.9 Å². The Kier molecular flexibility index (Phi) is 6.62. The number of halogens is 2. The molecule has 6 nitrogen and oxygen atoms in total. The minimum atomic E-state index is -0.404. The molecule has 0 radical (unpaired) electrons. The highest BCUT2D eigenvalue weighted by atomic mass is 79.9. The molecule has 0 fully saturated rings. The van der Waals surface area contributed by atoms with Gasteiger partial charge >= 0.3 is 0 Å². The van der Waals surface area contributed by atoms with Gasteiger partial charge in [-0.2, -0.15) is 10.4 Å². The number of nitriles is 1. The van der Waals surface area contributed by atoms with E-state index in [0.717, 1.165) is 15.7 Å². The van der Waals surface area contributed by atoms with Crippen molar-refractivity contribution in [3.63, 3.8) is 0 Å². The predicted octanol–water partition coefficient (Wildman–Crippen LogP) is 4.75. The molecule has 3 aromatic rings. The fourth-order valence-electron chi connectivity index (χ4n) is 2.91. The van der Waals surface area contributed by atoms with Crippen LogP contribution in [0.15, 0.2) is 41.0 Å². The molecule has 0 bridgehead atoms. The van der Waals surface area contributed by atoms with Crippen LogP contribution in [0.2, 0.25) is 0 Å². The number of aromatic nitrogens is 3. The molecule has 0 saturated carbocycles. The summed E-state index contributed by atoms with van der Waals surface area (Å²) in [4.78, 5) is 4.26. The highest BCUT2D eigenvalue weighted by Gasteiger charge is 2.16. The van der Waals surface area contributed by atoms with Gasteiger partial charge in [-0.1, -0.05) is 6.07 Å². The van der Waals surface area contributed by atoms with Gasteiger partial charge in [0.05, 0.1) is 24.6 Å². The van der Waals surface area contributed by atoms with Crippen LogP contribution in [0.3, 0.4) is 0 Å². The maximum absolute atomic E-state index is 13.9. The van der Waals surface area contributed by atoms with Gasteiger partial charge in [-0.3, -0.25) is 9.67 Å². The second-order valence-corrected chi connectivity index (χ2v) is 7.51. The first-order chi connectivity index (χ1) is 13.9. The first-order valence-electron chi connectivity index (χ1n) is 8.95. The van der Waals surface area contributed by atoms with Gasteiger partial charge in [-0.15, -0.1) is 0 Å². The number of rotatable bonds is 7. The van der Waals surface area contributed by atoms with E-state index in [1.54, 1.807) is 25.4 Å². The molecule has 29 heavy (non-hydrogen) atoms. The van der Waals surface area contributed by atoms with Gasteiger partial charge in [0, 0.05) is 23.3 Å². The fraction of sp³-hybridized carbons (Fsp3) is 0.286. The van der Waals surface area contributed by atoms with Gasteiger partial charge in [0.1, 0.15) is 29.4 Å². The Labute approximate surface area is 177 Å². The summed E-state index contributed by atoms with van der Waals surface area (Å²) in [6.07, 6.45) is 1.29. The quantitative estimate of drug-likeness (QED) is 0.510. The monoisotopic (exact) mass is 458 g/mol. The Morgan fingerprint density at radius 2 is 2.07 bits per heavy atom. The molecular formula is C21H20BrFN4O2. The Balaban J connectivity index is 1.73. The van der Waals surface area contributed by atoms with E-state index in [1.807, 2.05) is 19.9 Å². The van der Waals surface area contributed by atoms with Crippen LogP contribution < -0.4 is 4.74 Å². The molecule has 0 saturated heterocycles. The van der Waals surface area contributed by atoms with E-state index in [0.29, 0.717) is 22.7 Å². The summed E-state index contributed by atoms with van der Waals surface area (Å²) in [5.74, 6) is 0.284. The van der Waals surface area contributed by atoms with E-state index in [1.165, 1.54) is 16.8 Å². The van der Waals surface area contributed by atoms with Crippen molar-refractivity contribution in [2.24, 2.45) is 7.05 Å². The molecule has 0 aliphatic carbocycles. The Bertz CT molecular complexity index is 1060. The second kappa shape index (κ2) is 9.16. The van der Waals surface area contributed by atoms with Crippen molar-refractivity contribution < 1.29 is 13.9 Å². The number of hydrogen-bond acceptors (Lipinski definition) is 5. The highest BCUT2D eigenvalue weighted by Crippen LogP contribution is 2.29. The highest BCUT2D eigenvalue weighted by molar-refractivity contribution is 9.10. The predicted molar refractivity (Wildman–Crippen MR) is 109 cm³/mol. The number of ether oxygens (including phenoxy) is 2. The molecule has 0 spiro atoms. The molecule has 3 rings (SSSR count). The van der Waals surface area contributed by atoms with E-state index in [-0.39, 0.29) is 19.0 Å². The topological polar surface area (TPSA) is 73.0 Å². The lowest BCUT2D eigenvalue weighted by Crippen LogP contribution is -2.09. The van der Waals surface area contributed by atoms with Crippen LogP contribution in [-0.4, -0.2) is 14.8 Å². The first-order valence-corrected chi connectivity index (χ1v) is 9.74. The van der Waals surface area contributed by atoms with Gasteiger partial charge in [0.15, 0.2) is 0 Å². The molecule has 150 valence electrons. The zero-order chi connectivity index (χ0) is 21.0. The van der Waals surface area contributed by atoms with Crippen molar-refractivity contribution in [1.82, 2.24) is 14.8 Å². The van der Waals surface area contributed by atoms with Crippen LogP contribution in [0.4, 0.5) is 4.39 Å². The third-order valence-corrected chi connectivity index (χ3v) is 4.84. The van der Waals surface area contributed by atoms with Crippen molar-refractivity contribution in [3.05, 3.63) is 75.0 Å². The van der Waals surface area contributed by atoms with Crippen molar-refractivity contribution in [1.29, 1.82) is 5.26 Å². The van der Waals surface area contributed by atoms with Crippen LogP contribution in [0, 0.1) is 24.1 Å². The molecule has 1 unspecified atom stereocenters. The van der Waals surface area contributed by atoms with E-state index >= 15 is 0 Å². The molecule has 0 aliphatic heterocycles. The Morgan fingerprint density at radius 3 is 2.79 bits per heavy atom. The van der Waals surface area contributed by atoms with Crippen LogP contribution in [0.5, 0.6) is 5.75 Å². The zero-order valence-electron chi connectivity index (χ0n) is 16.3. The lowest BCUT2D eigenvalue weighted by Gasteiger charge is -2.19. The summed E-state index contributed by atoms with van der Waals surface area (Å²) in [5, 5.41) is 13.2.